The summed E-state index contributed by atoms with van der Waals surface area (Å²) in [7, 11) is 0. The van der Waals surface area contributed by atoms with Crippen molar-refractivity contribution in [2.75, 3.05) is 12.0 Å². The average Bonchev–Trinajstić information content (AvgIpc) is 2.58. The van der Waals surface area contributed by atoms with Crippen LogP contribution in [0.5, 0.6) is 0 Å². The number of pyridine rings is 1. The van der Waals surface area contributed by atoms with Crippen molar-refractivity contribution in [3.63, 3.8) is 0 Å². The van der Waals surface area contributed by atoms with Gasteiger partial charge in [0.25, 0.3) is 0 Å². The van der Waals surface area contributed by atoms with E-state index in [9.17, 15) is 0 Å². The molecule has 18 heavy (non-hydrogen) atoms. The molecule has 2 aromatic rings. The molecular weight excluding hydrogens is 289 g/mol. The number of thioether (sulfide) groups is 1. The molecular formula is C12H13Cl2N3S. The summed E-state index contributed by atoms with van der Waals surface area (Å²) in [4.78, 5) is 4.64. The second-order valence-corrected chi connectivity index (χ2v) is 6.63. The molecule has 1 aliphatic rings. The molecule has 0 aromatic carbocycles. The summed E-state index contributed by atoms with van der Waals surface area (Å²) >= 11 is 14.0. The van der Waals surface area contributed by atoms with Gasteiger partial charge in [-0.15, -0.1) is 0 Å². The molecule has 2 aromatic heterocycles. The van der Waals surface area contributed by atoms with Crippen molar-refractivity contribution in [2.24, 2.45) is 0 Å². The van der Waals surface area contributed by atoms with E-state index in [1.54, 1.807) is 16.7 Å². The van der Waals surface area contributed by atoms with Crippen LogP contribution in [0.25, 0.3) is 5.65 Å². The number of hydrogen-bond acceptors (Lipinski definition) is 3. The summed E-state index contributed by atoms with van der Waals surface area (Å²) in [6.45, 7) is 0. The minimum absolute atomic E-state index is 0.0614. The smallest absolute Gasteiger partial charge is 0.157 e. The Morgan fingerprint density at radius 1 is 1.44 bits per heavy atom. The fraction of sp³-hybridized carbons (Fsp3) is 0.417. The summed E-state index contributed by atoms with van der Waals surface area (Å²) in [5, 5.41) is 1.10. The van der Waals surface area contributed by atoms with Crippen LogP contribution in [0.1, 0.15) is 25.0 Å². The lowest BCUT2D eigenvalue weighted by Crippen LogP contribution is -2.31. The monoisotopic (exact) mass is 301 g/mol. The molecule has 3 rings (SSSR count). The Kier molecular flexibility index (Phi) is 2.92. The number of rotatable bonds is 2. The molecule has 0 aliphatic heterocycles. The topological polar surface area (TPSA) is 43.3 Å². The average molecular weight is 302 g/mol. The molecule has 1 saturated carbocycles. The van der Waals surface area contributed by atoms with Gasteiger partial charge in [0.15, 0.2) is 5.65 Å². The van der Waals surface area contributed by atoms with E-state index in [-0.39, 0.29) is 4.75 Å². The van der Waals surface area contributed by atoms with Crippen LogP contribution >= 0.6 is 35.0 Å². The Morgan fingerprint density at radius 2 is 2.17 bits per heavy atom. The van der Waals surface area contributed by atoms with E-state index in [1.807, 2.05) is 11.8 Å². The van der Waals surface area contributed by atoms with Crippen LogP contribution in [-0.2, 0) is 4.75 Å². The van der Waals surface area contributed by atoms with Crippen LogP contribution in [-0.4, -0.2) is 15.6 Å². The highest BCUT2D eigenvalue weighted by molar-refractivity contribution is 7.99. The SMILES string of the molecule is CSC1(c2nc3c(Cl)cc(Cl)cn3c2N)CCC1. The summed E-state index contributed by atoms with van der Waals surface area (Å²) in [5.41, 5.74) is 7.86. The molecule has 1 fully saturated rings. The second-order valence-electron chi connectivity index (χ2n) is 4.60. The minimum atomic E-state index is 0.0614. The lowest BCUT2D eigenvalue weighted by molar-refractivity contribution is 0.368. The van der Waals surface area contributed by atoms with Gasteiger partial charge < -0.3 is 5.73 Å². The zero-order valence-corrected chi connectivity index (χ0v) is 12.2. The Morgan fingerprint density at radius 3 is 2.72 bits per heavy atom. The quantitative estimate of drug-likeness (QED) is 0.913. The molecule has 0 amide bonds. The molecule has 1 aliphatic carbocycles. The third-order valence-corrected chi connectivity index (χ3v) is 5.53. The maximum absolute atomic E-state index is 6.22. The Balaban J connectivity index is 2.26. The minimum Gasteiger partial charge on any atom is -0.383 e. The number of fused-ring (bicyclic) bond motifs is 1. The van der Waals surface area contributed by atoms with Crippen LogP contribution in [0.2, 0.25) is 10.0 Å². The molecule has 2 N–H and O–H groups in total. The summed E-state index contributed by atoms with van der Waals surface area (Å²) < 4.78 is 1.85. The van der Waals surface area contributed by atoms with Gasteiger partial charge >= 0.3 is 0 Å². The third kappa shape index (κ3) is 1.63. The van der Waals surface area contributed by atoms with E-state index < -0.39 is 0 Å². The van der Waals surface area contributed by atoms with Gasteiger partial charge in [-0.05, 0) is 31.6 Å². The second kappa shape index (κ2) is 4.22. The Labute approximate surface area is 120 Å². The Hall–Kier alpha value is -0.580. The highest BCUT2D eigenvalue weighted by Crippen LogP contribution is 2.52. The molecule has 0 saturated heterocycles. The van der Waals surface area contributed by atoms with Crippen LogP contribution in [0, 0.1) is 0 Å². The van der Waals surface area contributed by atoms with Gasteiger partial charge in [-0.3, -0.25) is 4.40 Å². The van der Waals surface area contributed by atoms with E-state index in [2.05, 4.69) is 11.2 Å². The predicted molar refractivity (Wildman–Crippen MR) is 78.7 cm³/mol. The van der Waals surface area contributed by atoms with Gasteiger partial charge in [-0.2, -0.15) is 11.8 Å². The van der Waals surface area contributed by atoms with Gasteiger partial charge in [-0.1, -0.05) is 23.2 Å². The van der Waals surface area contributed by atoms with Crippen LogP contribution in [0.15, 0.2) is 12.3 Å². The molecule has 0 radical (unpaired) electrons. The lowest BCUT2D eigenvalue weighted by Gasteiger charge is -2.39. The van der Waals surface area contributed by atoms with Gasteiger partial charge in [0.2, 0.25) is 0 Å². The molecule has 96 valence electrons. The number of hydrogen-bond donors (Lipinski definition) is 1. The molecule has 0 spiro atoms. The number of imidazole rings is 1. The number of anilines is 1. The van der Waals surface area contributed by atoms with Crippen LogP contribution in [0.4, 0.5) is 5.82 Å². The van der Waals surface area contributed by atoms with Crippen molar-refractivity contribution in [1.29, 1.82) is 0 Å². The zero-order chi connectivity index (χ0) is 12.9. The van der Waals surface area contributed by atoms with Crippen LogP contribution < -0.4 is 5.73 Å². The van der Waals surface area contributed by atoms with Crippen molar-refractivity contribution >= 4 is 46.4 Å². The number of nitrogen functional groups attached to an aromatic ring is 1. The zero-order valence-electron chi connectivity index (χ0n) is 9.91. The normalized spacial score (nSPS) is 17.9. The molecule has 0 unspecified atom stereocenters. The van der Waals surface area contributed by atoms with E-state index in [0.717, 1.165) is 18.5 Å². The maximum Gasteiger partial charge on any atom is 0.157 e. The summed E-state index contributed by atoms with van der Waals surface area (Å²) in [5.74, 6) is 0.656. The van der Waals surface area contributed by atoms with Gasteiger partial charge in [0.05, 0.1) is 20.5 Å². The fourth-order valence-corrected chi connectivity index (χ4v) is 4.02. The van der Waals surface area contributed by atoms with Crippen molar-refractivity contribution in [3.05, 3.63) is 28.0 Å². The molecule has 0 bridgehead atoms. The predicted octanol–water partition coefficient (Wildman–Crippen LogP) is 3.97. The summed E-state index contributed by atoms with van der Waals surface area (Å²) in [6, 6.07) is 1.70. The van der Waals surface area contributed by atoms with Crippen molar-refractivity contribution in [3.8, 4) is 0 Å². The molecule has 0 atom stereocenters. The number of nitrogens with zero attached hydrogens (tertiary/aromatic N) is 2. The Bertz CT molecular complexity index is 614. The highest BCUT2D eigenvalue weighted by Gasteiger charge is 2.42. The molecule has 6 heteroatoms. The highest BCUT2D eigenvalue weighted by atomic mass is 35.5. The van der Waals surface area contributed by atoms with E-state index >= 15 is 0 Å². The number of halogens is 2. The largest absolute Gasteiger partial charge is 0.383 e. The van der Waals surface area contributed by atoms with Crippen molar-refractivity contribution in [1.82, 2.24) is 9.38 Å². The van der Waals surface area contributed by atoms with Crippen molar-refractivity contribution < 1.29 is 0 Å². The maximum atomic E-state index is 6.22. The van der Waals surface area contributed by atoms with E-state index in [1.165, 1.54) is 6.42 Å². The molecule has 3 nitrogen and oxygen atoms in total. The number of aromatic nitrogens is 2. The van der Waals surface area contributed by atoms with Crippen molar-refractivity contribution in [2.45, 2.75) is 24.0 Å². The lowest BCUT2D eigenvalue weighted by atomic mass is 9.81. The van der Waals surface area contributed by atoms with Crippen LogP contribution in [0.3, 0.4) is 0 Å². The van der Waals surface area contributed by atoms with Gasteiger partial charge in [0.1, 0.15) is 5.82 Å². The summed E-state index contributed by atoms with van der Waals surface area (Å²) in [6.07, 6.45) is 7.34. The fourth-order valence-electron chi connectivity index (χ4n) is 2.46. The van der Waals surface area contributed by atoms with E-state index in [0.29, 0.717) is 21.5 Å². The first-order chi connectivity index (χ1) is 8.57. The standard InChI is InChI=1S/C12H13Cl2N3S/c1-18-12(3-2-4-12)9-10(15)17-6-7(13)5-8(14)11(17)16-9/h5-6H,2-4,15H2,1H3. The molecule has 2 heterocycles. The third-order valence-electron chi connectivity index (χ3n) is 3.66. The first kappa shape index (κ1) is 12.5. The van der Waals surface area contributed by atoms with Gasteiger partial charge in [0, 0.05) is 6.20 Å². The first-order valence-electron chi connectivity index (χ1n) is 5.75. The van der Waals surface area contributed by atoms with E-state index in [4.69, 9.17) is 28.9 Å². The van der Waals surface area contributed by atoms with Gasteiger partial charge in [-0.25, -0.2) is 4.98 Å². The number of nitrogens with two attached hydrogens (primary N) is 1. The first-order valence-corrected chi connectivity index (χ1v) is 7.74.